The maximum absolute atomic E-state index is 11.7. The number of rotatable bonds is 7. The average molecular weight is 257 g/mol. The van der Waals surface area contributed by atoms with Gasteiger partial charge in [0.15, 0.2) is 0 Å². The molecule has 1 fully saturated rings. The molecule has 0 bridgehead atoms. The largest absolute Gasteiger partial charge is 0.466 e. The van der Waals surface area contributed by atoms with E-state index < -0.39 is 0 Å². The molecule has 1 aliphatic rings. The highest BCUT2D eigenvalue weighted by Crippen LogP contribution is 2.17. The van der Waals surface area contributed by atoms with E-state index in [9.17, 15) is 4.79 Å². The summed E-state index contributed by atoms with van der Waals surface area (Å²) < 4.78 is 10.7. The van der Waals surface area contributed by atoms with Crippen molar-refractivity contribution in [2.45, 2.75) is 33.6 Å². The highest BCUT2D eigenvalue weighted by Gasteiger charge is 2.26. The number of esters is 1. The summed E-state index contributed by atoms with van der Waals surface area (Å²) in [6.45, 7) is 11.0. The van der Waals surface area contributed by atoms with E-state index in [1.807, 2.05) is 6.92 Å². The Morgan fingerprint density at radius 3 is 2.89 bits per heavy atom. The van der Waals surface area contributed by atoms with Crippen molar-refractivity contribution in [3.63, 3.8) is 0 Å². The first kappa shape index (κ1) is 15.4. The first-order valence-electron chi connectivity index (χ1n) is 7.10. The quantitative estimate of drug-likeness (QED) is 0.516. The smallest absolute Gasteiger partial charge is 0.310 e. The van der Waals surface area contributed by atoms with E-state index in [1.165, 1.54) is 0 Å². The van der Waals surface area contributed by atoms with Gasteiger partial charge in [-0.2, -0.15) is 0 Å². The molecule has 0 amide bonds. The van der Waals surface area contributed by atoms with E-state index in [-0.39, 0.29) is 11.9 Å². The highest BCUT2D eigenvalue weighted by atomic mass is 16.5. The van der Waals surface area contributed by atoms with E-state index in [0.29, 0.717) is 12.5 Å². The summed E-state index contributed by atoms with van der Waals surface area (Å²) in [6, 6.07) is 0. The Kier molecular flexibility index (Phi) is 7.28. The summed E-state index contributed by atoms with van der Waals surface area (Å²) in [5, 5.41) is 0. The number of nitrogens with zero attached hydrogens (tertiary/aromatic N) is 1. The Labute approximate surface area is 111 Å². The molecule has 0 saturated carbocycles. The van der Waals surface area contributed by atoms with Crippen LogP contribution in [-0.2, 0) is 14.3 Å². The predicted octanol–water partition coefficient (Wildman–Crippen LogP) is 1.93. The second kappa shape index (κ2) is 8.48. The molecule has 0 spiro atoms. The van der Waals surface area contributed by atoms with Gasteiger partial charge in [-0.05, 0) is 32.2 Å². The number of likely N-dealkylation sites (tertiary alicyclic amines) is 1. The van der Waals surface area contributed by atoms with E-state index in [2.05, 4.69) is 18.7 Å². The van der Waals surface area contributed by atoms with Gasteiger partial charge in [-0.3, -0.25) is 4.79 Å². The summed E-state index contributed by atoms with van der Waals surface area (Å²) in [6.07, 6.45) is 2.04. The van der Waals surface area contributed by atoms with Crippen molar-refractivity contribution >= 4 is 5.97 Å². The Morgan fingerprint density at radius 2 is 2.22 bits per heavy atom. The lowest BCUT2D eigenvalue weighted by Crippen LogP contribution is -2.41. The molecule has 0 aliphatic carbocycles. The maximum Gasteiger partial charge on any atom is 0.310 e. The van der Waals surface area contributed by atoms with Gasteiger partial charge in [0, 0.05) is 19.7 Å². The van der Waals surface area contributed by atoms with Gasteiger partial charge >= 0.3 is 5.97 Å². The van der Waals surface area contributed by atoms with Crippen LogP contribution in [0.25, 0.3) is 0 Å². The second-order valence-corrected chi connectivity index (χ2v) is 5.36. The van der Waals surface area contributed by atoms with Crippen molar-refractivity contribution in [3.8, 4) is 0 Å². The van der Waals surface area contributed by atoms with Crippen molar-refractivity contribution in [1.82, 2.24) is 4.90 Å². The molecule has 0 radical (unpaired) electrons. The van der Waals surface area contributed by atoms with E-state index >= 15 is 0 Å². The van der Waals surface area contributed by atoms with Gasteiger partial charge in [0.05, 0.1) is 19.1 Å². The summed E-state index contributed by atoms with van der Waals surface area (Å²) in [4.78, 5) is 14.0. The van der Waals surface area contributed by atoms with Crippen molar-refractivity contribution in [2.75, 3.05) is 39.5 Å². The van der Waals surface area contributed by atoms with Crippen molar-refractivity contribution < 1.29 is 14.3 Å². The zero-order valence-corrected chi connectivity index (χ0v) is 12.0. The third kappa shape index (κ3) is 5.83. The van der Waals surface area contributed by atoms with Crippen LogP contribution in [0.1, 0.15) is 33.6 Å². The molecule has 0 aromatic heterocycles. The number of hydrogen-bond donors (Lipinski definition) is 0. The van der Waals surface area contributed by atoms with E-state index in [1.54, 1.807) is 0 Å². The second-order valence-electron chi connectivity index (χ2n) is 5.36. The Bertz CT molecular complexity index is 243. The fourth-order valence-corrected chi connectivity index (χ4v) is 2.22. The van der Waals surface area contributed by atoms with Crippen LogP contribution in [0.4, 0.5) is 0 Å². The molecule has 1 atom stereocenters. The summed E-state index contributed by atoms with van der Waals surface area (Å²) >= 11 is 0. The van der Waals surface area contributed by atoms with Crippen molar-refractivity contribution in [1.29, 1.82) is 0 Å². The van der Waals surface area contributed by atoms with Crippen LogP contribution in [0.2, 0.25) is 0 Å². The summed E-state index contributed by atoms with van der Waals surface area (Å²) in [5.74, 6) is 0.604. The Hall–Kier alpha value is -0.610. The highest BCUT2D eigenvalue weighted by molar-refractivity contribution is 5.72. The number of ether oxygens (including phenoxy) is 2. The van der Waals surface area contributed by atoms with Crippen LogP contribution < -0.4 is 0 Å². The van der Waals surface area contributed by atoms with Crippen LogP contribution in [0, 0.1) is 11.8 Å². The summed E-state index contributed by atoms with van der Waals surface area (Å²) in [5.41, 5.74) is 0. The van der Waals surface area contributed by atoms with Gasteiger partial charge in [0.2, 0.25) is 0 Å². The molecule has 106 valence electrons. The molecular formula is C14H27NO3. The Balaban J connectivity index is 2.20. The minimum Gasteiger partial charge on any atom is -0.466 e. The molecule has 1 aliphatic heterocycles. The SMILES string of the molecule is CCOC(=O)[C@@H]1CCCN(CCOCC(C)C)C1. The molecule has 0 aromatic carbocycles. The fourth-order valence-electron chi connectivity index (χ4n) is 2.22. The van der Waals surface area contributed by atoms with Gasteiger partial charge in [-0.1, -0.05) is 13.8 Å². The lowest BCUT2D eigenvalue weighted by Gasteiger charge is -2.31. The normalized spacial score (nSPS) is 21.2. The van der Waals surface area contributed by atoms with Gasteiger partial charge < -0.3 is 14.4 Å². The monoisotopic (exact) mass is 257 g/mol. The number of piperidine rings is 1. The molecule has 0 aromatic rings. The molecule has 0 unspecified atom stereocenters. The molecule has 0 N–H and O–H groups in total. The number of carbonyl (C=O) groups is 1. The number of hydrogen-bond acceptors (Lipinski definition) is 4. The van der Waals surface area contributed by atoms with Crippen LogP contribution >= 0.6 is 0 Å². The van der Waals surface area contributed by atoms with Gasteiger partial charge in [-0.25, -0.2) is 0 Å². The first-order valence-corrected chi connectivity index (χ1v) is 7.10. The molecule has 18 heavy (non-hydrogen) atoms. The molecule has 1 heterocycles. The van der Waals surface area contributed by atoms with Crippen LogP contribution in [0.15, 0.2) is 0 Å². The predicted molar refractivity (Wildman–Crippen MR) is 71.5 cm³/mol. The molecule has 4 nitrogen and oxygen atoms in total. The van der Waals surface area contributed by atoms with Crippen LogP contribution in [0.3, 0.4) is 0 Å². The standard InChI is InChI=1S/C14H27NO3/c1-4-18-14(16)13-6-5-7-15(10-13)8-9-17-11-12(2)3/h12-13H,4-11H2,1-3H3/t13-/m1/s1. The van der Waals surface area contributed by atoms with Crippen molar-refractivity contribution in [2.24, 2.45) is 11.8 Å². The van der Waals surface area contributed by atoms with E-state index in [4.69, 9.17) is 9.47 Å². The topological polar surface area (TPSA) is 38.8 Å². The molecule has 1 saturated heterocycles. The van der Waals surface area contributed by atoms with Gasteiger partial charge in [0.25, 0.3) is 0 Å². The van der Waals surface area contributed by atoms with Crippen molar-refractivity contribution in [3.05, 3.63) is 0 Å². The summed E-state index contributed by atoms with van der Waals surface area (Å²) in [7, 11) is 0. The first-order chi connectivity index (χ1) is 8.63. The fraction of sp³-hybridized carbons (Fsp3) is 0.929. The third-order valence-electron chi connectivity index (χ3n) is 3.13. The van der Waals surface area contributed by atoms with Gasteiger partial charge in [0.1, 0.15) is 0 Å². The Morgan fingerprint density at radius 1 is 1.44 bits per heavy atom. The van der Waals surface area contributed by atoms with E-state index in [0.717, 1.165) is 45.7 Å². The van der Waals surface area contributed by atoms with Crippen LogP contribution in [0.5, 0.6) is 0 Å². The zero-order valence-electron chi connectivity index (χ0n) is 12.0. The minimum atomic E-state index is -0.0368. The molecule has 4 heteroatoms. The average Bonchev–Trinajstić information content (AvgIpc) is 2.35. The third-order valence-corrected chi connectivity index (χ3v) is 3.13. The lowest BCUT2D eigenvalue weighted by molar-refractivity contribution is -0.150. The molecule has 1 rings (SSSR count). The number of carbonyl (C=O) groups excluding carboxylic acids is 1. The maximum atomic E-state index is 11.7. The van der Waals surface area contributed by atoms with Crippen LogP contribution in [-0.4, -0.2) is 50.3 Å². The molecular weight excluding hydrogens is 230 g/mol. The lowest BCUT2D eigenvalue weighted by atomic mass is 9.98. The van der Waals surface area contributed by atoms with Gasteiger partial charge in [-0.15, -0.1) is 0 Å². The minimum absolute atomic E-state index is 0.0368. The zero-order chi connectivity index (χ0) is 13.4.